The lowest BCUT2D eigenvalue weighted by atomic mass is 10.1. The Kier molecular flexibility index (Phi) is 6.06. The monoisotopic (exact) mass is 355 g/mol. The number of halogens is 1. The van der Waals surface area contributed by atoms with Crippen molar-refractivity contribution in [3.8, 4) is 5.75 Å². The van der Waals surface area contributed by atoms with Crippen molar-refractivity contribution in [1.29, 1.82) is 0 Å². The first-order valence-electron chi connectivity index (χ1n) is 7.46. The van der Waals surface area contributed by atoms with E-state index in [4.69, 9.17) is 4.74 Å². The van der Waals surface area contributed by atoms with Crippen LogP contribution in [0.25, 0.3) is 0 Å². The Morgan fingerprint density at radius 2 is 2.00 bits per heavy atom. The number of carbonyl (C=O) groups excluding carboxylic acids is 1. The molecule has 21 heavy (non-hydrogen) atoms. The van der Waals surface area contributed by atoms with Crippen molar-refractivity contribution in [2.75, 3.05) is 19.7 Å². The second-order valence-electron chi connectivity index (χ2n) is 5.44. The number of aliphatic hydroxyl groups excluding tert-OH is 1. The minimum absolute atomic E-state index is 0.0217. The number of benzene rings is 1. The lowest BCUT2D eigenvalue weighted by Gasteiger charge is -2.21. The van der Waals surface area contributed by atoms with Gasteiger partial charge in [0.05, 0.1) is 6.10 Å². The van der Waals surface area contributed by atoms with E-state index >= 15 is 0 Å². The molecule has 4 nitrogen and oxygen atoms in total. The minimum atomic E-state index is -0.624. The highest BCUT2D eigenvalue weighted by atomic mass is 79.9. The van der Waals surface area contributed by atoms with Gasteiger partial charge in [0.25, 0.3) is 5.91 Å². The molecule has 1 aliphatic heterocycles. The second kappa shape index (κ2) is 7.80. The number of carbonyl (C=O) groups is 1. The van der Waals surface area contributed by atoms with Crippen LogP contribution in [0.5, 0.6) is 5.75 Å². The van der Waals surface area contributed by atoms with Gasteiger partial charge in [-0.25, -0.2) is 0 Å². The number of nitrogens with zero attached hydrogens (tertiary/aromatic N) is 1. The van der Waals surface area contributed by atoms with Crippen molar-refractivity contribution in [2.45, 2.75) is 38.7 Å². The highest BCUT2D eigenvalue weighted by Gasteiger charge is 2.17. The summed E-state index contributed by atoms with van der Waals surface area (Å²) in [6, 6.07) is 5.45. The van der Waals surface area contributed by atoms with E-state index in [0.717, 1.165) is 30.4 Å². The molecule has 1 aromatic carbocycles. The Morgan fingerprint density at radius 1 is 1.33 bits per heavy atom. The maximum Gasteiger partial charge on any atom is 0.260 e. The van der Waals surface area contributed by atoms with E-state index in [9.17, 15) is 9.90 Å². The summed E-state index contributed by atoms with van der Waals surface area (Å²) in [7, 11) is 0. The van der Waals surface area contributed by atoms with Crippen molar-refractivity contribution < 1.29 is 14.6 Å². The molecule has 0 aromatic heterocycles. The Labute approximate surface area is 134 Å². The fraction of sp³-hybridized carbons (Fsp3) is 0.562. The number of rotatable bonds is 4. The number of amides is 1. The third kappa shape index (κ3) is 4.71. The van der Waals surface area contributed by atoms with Crippen molar-refractivity contribution >= 4 is 21.8 Å². The zero-order chi connectivity index (χ0) is 15.2. The average Bonchev–Trinajstić information content (AvgIpc) is 2.73. The number of aliphatic hydroxyl groups is 1. The Morgan fingerprint density at radius 3 is 2.62 bits per heavy atom. The van der Waals surface area contributed by atoms with Crippen LogP contribution in [0, 0.1) is 0 Å². The minimum Gasteiger partial charge on any atom is -0.483 e. The van der Waals surface area contributed by atoms with Gasteiger partial charge in [0, 0.05) is 23.1 Å². The molecule has 116 valence electrons. The van der Waals surface area contributed by atoms with E-state index < -0.39 is 6.10 Å². The molecular weight excluding hydrogens is 334 g/mol. The van der Waals surface area contributed by atoms with Crippen molar-refractivity contribution in [2.24, 2.45) is 0 Å². The zero-order valence-electron chi connectivity index (χ0n) is 12.3. The molecule has 0 spiro atoms. The largest absolute Gasteiger partial charge is 0.483 e. The lowest BCUT2D eigenvalue weighted by molar-refractivity contribution is -0.133. The molecule has 1 aliphatic rings. The molecule has 1 amide bonds. The molecule has 1 aromatic rings. The van der Waals surface area contributed by atoms with E-state index in [-0.39, 0.29) is 12.5 Å². The van der Waals surface area contributed by atoms with Crippen molar-refractivity contribution in [1.82, 2.24) is 4.90 Å². The summed E-state index contributed by atoms with van der Waals surface area (Å²) in [5.41, 5.74) is 0.696. The van der Waals surface area contributed by atoms with Gasteiger partial charge in [0.1, 0.15) is 5.75 Å². The van der Waals surface area contributed by atoms with Gasteiger partial charge >= 0.3 is 0 Å². The normalized spacial score (nSPS) is 17.2. The molecule has 1 heterocycles. The van der Waals surface area contributed by atoms with Crippen LogP contribution in [0.2, 0.25) is 0 Å². The first-order valence-corrected chi connectivity index (χ1v) is 8.25. The standard InChI is InChI=1S/C16H22BrNO3/c1-12(19)14-7-6-13(17)10-15(14)21-11-16(20)18-8-4-2-3-5-9-18/h6-7,10,12,19H,2-5,8-9,11H2,1H3/t12-/m0/s1. The molecule has 1 atom stereocenters. The predicted molar refractivity (Wildman–Crippen MR) is 85.3 cm³/mol. The number of ether oxygens (including phenoxy) is 1. The number of hydrogen-bond donors (Lipinski definition) is 1. The van der Waals surface area contributed by atoms with E-state index in [2.05, 4.69) is 15.9 Å². The van der Waals surface area contributed by atoms with Gasteiger partial charge < -0.3 is 14.7 Å². The van der Waals surface area contributed by atoms with E-state index in [1.54, 1.807) is 19.1 Å². The first kappa shape index (κ1) is 16.3. The molecule has 5 heteroatoms. The Bertz CT molecular complexity index is 482. The smallest absolute Gasteiger partial charge is 0.260 e. The summed E-state index contributed by atoms with van der Waals surface area (Å²) in [6.45, 7) is 3.36. The maximum absolute atomic E-state index is 12.2. The molecule has 0 unspecified atom stereocenters. The Hall–Kier alpha value is -1.07. The van der Waals surface area contributed by atoms with Crippen LogP contribution in [0.4, 0.5) is 0 Å². The summed E-state index contributed by atoms with van der Waals surface area (Å²) in [4.78, 5) is 14.1. The van der Waals surface area contributed by atoms with Crippen LogP contribution in [0.1, 0.15) is 44.3 Å². The van der Waals surface area contributed by atoms with Gasteiger partial charge in [-0.05, 0) is 31.9 Å². The predicted octanol–water partition coefficient (Wildman–Crippen LogP) is 3.28. The zero-order valence-corrected chi connectivity index (χ0v) is 13.9. The van der Waals surface area contributed by atoms with Crippen LogP contribution >= 0.6 is 15.9 Å². The third-order valence-corrected chi connectivity index (χ3v) is 4.23. The van der Waals surface area contributed by atoms with Crippen LogP contribution in [-0.2, 0) is 4.79 Å². The van der Waals surface area contributed by atoms with Crippen molar-refractivity contribution in [3.05, 3.63) is 28.2 Å². The number of likely N-dealkylation sites (tertiary alicyclic amines) is 1. The lowest BCUT2D eigenvalue weighted by Crippen LogP contribution is -2.35. The molecule has 1 fully saturated rings. The summed E-state index contributed by atoms with van der Waals surface area (Å²) < 4.78 is 6.52. The Balaban J connectivity index is 1.98. The molecule has 0 radical (unpaired) electrons. The average molecular weight is 356 g/mol. The summed E-state index contributed by atoms with van der Waals surface area (Å²) >= 11 is 3.38. The quantitative estimate of drug-likeness (QED) is 0.901. The van der Waals surface area contributed by atoms with Gasteiger partial charge in [-0.2, -0.15) is 0 Å². The van der Waals surface area contributed by atoms with Gasteiger partial charge in [0.15, 0.2) is 6.61 Å². The molecule has 0 bridgehead atoms. The molecule has 1 saturated heterocycles. The highest BCUT2D eigenvalue weighted by molar-refractivity contribution is 9.10. The van der Waals surface area contributed by atoms with Crippen LogP contribution in [-0.4, -0.2) is 35.6 Å². The fourth-order valence-corrected chi connectivity index (χ4v) is 2.87. The van der Waals surface area contributed by atoms with Gasteiger partial charge in [-0.15, -0.1) is 0 Å². The van der Waals surface area contributed by atoms with E-state index in [0.29, 0.717) is 11.3 Å². The van der Waals surface area contributed by atoms with Crippen LogP contribution < -0.4 is 4.74 Å². The fourth-order valence-electron chi connectivity index (χ4n) is 2.53. The topological polar surface area (TPSA) is 49.8 Å². The second-order valence-corrected chi connectivity index (χ2v) is 6.36. The van der Waals surface area contributed by atoms with Gasteiger partial charge in [0.2, 0.25) is 0 Å². The molecular formula is C16H22BrNO3. The van der Waals surface area contributed by atoms with Gasteiger partial charge in [-0.1, -0.05) is 34.8 Å². The molecule has 1 N–H and O–H groups in total. The molecule has 0 aliphatic carbocycles. The van der Waals surface area contributed by atoms with Gasteiger partial charge in [-0.3, -0.25) is 4.79 Å². The summed E-state index contributed by atoms with van der Waals surface area (Å²) in [5.74, 6) is 0.580. The van der Waals surface area contributed by atoms with Crippen LogP contribution in [0.3, 0.4) is 0 Å². The first-order chi connectivity index (χ1) is 10.1. The van der Waals surface area contributed by atoms with Crippen LogP contribution in [0.15, 0.2) is 22.7 Å². The summed E-state index contributed by atoms with van der Waals surface area (Å²) in [5, 5.41) is 9.76. The molecule has 0 saturated carbocycles. The number of hydrogen-bond acceptors (Lipinski definition) is 3. The van der Waals surface area contributed by atoms with E-state index in [1.165, 1.54) is 12.8 Å². The van der Waals surface area contributed by atoms with Crippen molar-refractivity contribution in [3.63, 3.8) is 0 Å². The SMILES string of the molecule is C[C@H](O)c1ccc(Br)cc1OCC(=O)N1CCCCCC1. The molecule has 2 rings (SSSR count). The summed E-state index contributed by atoms with van der Waals surface area (Å²) in [6.07, 6.45) is 3.91. The maximum atomic E-state index is 12.2. The third-order valence-electron chi connectivity index (χ3n) is 3.74. The highest BCUT2D eigenvalue weighted by Crippen LogP contribution is 2.28. The van der Waals surface area contributed by atoms with E-state index in [1.807, 2.05) is 11.0 Å².